The lowest BCUT2D eigenvalue weighted by Gasteiger charge is -2.36. The van der Waals surface area contributed by atoms with Crippen LogP contribution >= 0.6 is 0 Å². The molecule has 3 saturated heterocycles. The monoisotopic (exact) mass is 345 g/mol. The summed E-state index contributed by atoms with van der Waals surface area (Å²) >= 11 is 0. The highest BCUT2D eigenvalue weighted by atomic mass is 16.2. The van der Waals surface area contributed by atoms with Gasteiger partial charge in [-0.1, -0.05) is 42.5 Å². The first-order valence-corrected chi connectivity index (χ1v) is 9.31. The van der Waals surface area contributed by atoms with Crippen LogP contribution in [0, 0.1) is 17.2 Å². The van der Waals surface area contributed by atoms with Crippen molar-refractivity contribution < 1.29 is 4.79 Å². The van der Waals surface area contributed by atoms with Gasteiger partial charge in [-0.2, -0.15) is 5.26 Å². The molecule has 5 rings (SSSR count). The molecule has 2 bridgehead atoms. The largest absolute Gasteiger partial charge is 0.334 e. The molecule has 132 valence electrons. The van der Waals surface area contributed by atoms with Crippen LogP contribution in [-0.4, -0.2) is 41.4 Å². The van der Waals surface area contributed by atoms with Crippen molar-refractivity contribution in [1.29, 1.82) is 5.26 Å². The first-order valence-electron chi connectivity index (χ1n) is 9.31. The third-order valence-electron chi connectivity index (χ3n) is 5.58. The van der Waals surface area contributed by atoms with E-state index in [1.807, 2.05) is 23.1 Å². The van der Waals surface area contributed by atoms with Gasteiger partial charge in [-0.15, -0.1) is 0 Å². The summed E-state index contributed by atoms with van der Waals surface area (Å²) in [5, 5.41) is 9.33. The van der Waals surface area contributed by atoms with Crippen LogP contribution in [0.4, 0.5) is 0 Å². The normalized spacial score (nSPS) is 22.7. The van der Waals surface area contributed by atoms with E-state index in [-0.39, 0.29) is 11.9 Å². The van der Waals surface area contributed by atoms with Crippen LogP contribution in [0.1, 0.15) is 34.3 Å². The number of nitrogens with zero attached hydrogens (tertiary/aromatic N) is 3. The quantitative estimate of drug-likeness (QED) is 0.857. The number of hydrogen-bond donors (Lipinski definition) is 0. The highest BCUT2D eigenvalue weighted by Gasteiger charge is 2.37. The zero-order valence-electron chi connectivity index (χ0n) is 14.8. The maximum absolute atomic E-state index is 13.1. The minimum atomic E-state index is 0.0124. The highest BCUT2D eigenvalue weighted by Crippen LogP contribution is 2.30. The number of benzene rings is 2. The van der Waals surface area contributed by atoms with Crippen LogP contribution in [0.2, 0.25) is 0 Å². The Morgan fingerprint density at radius 2 is 1.77 bits per heavy atom. The number of carbonyl (C=O) groups is 1. The van der Waals surface area contributed by atoms with Crippen molar-refractivity contribution in [2.45, 2.75) is 25.4 Å². The Kier molecular flexibility index (Phi) is 4.73. The second-order valence-electron chi connectivity index (χ2n) is 7.39. The number of amides is 1. The van der Waals surface area contributed by atoms with Crippen LogP contribution in [0.5, 0.6) is 0 Å². The molecule has 26 heavy (non-hydrogen) atoms. The molecular weight excluding hydrogens is 322 g/mol. The number of piperidine rings is 1. The van der Waals surface area contributed by atoms with Gasteiger partial charge in [0.05, 0.1) is 17.2 Å². The summed E-state index contributed by atoms with van der Waals surface area (Å²) in [6, 6.07) is 20.1. The number of nitriles is 1. The van der Waals surface area contributed by atoms with Crippen molar-refractivity contribution in [2.75, 3.05) is 19.6 Å². The van der Waals surface area contributed by atoms with Gasteiger partial charge in [-0.3, -0.25) is 9.69 Å². The molecule has 4 heteroatoms. The molecule has 0 unspecified atom stereocenters. The summed E-state index contributed by atoms with van der Waals surface area (Å²) in [5.74, 6) is 0.522. The Labute approximate surface area is 154 Å². The fourth-order valence-electron chi connectivity index (χ4n) is 4.32. The minimum Gasteiger partial charge on any atom is -0.334 e. The molecule has 4 nitrogen and oxygen atoms in total. The van der Waals surface area contributed by atoms with Crippen LogP contribution in [0.3, 0.4) is 0 Å². The van der Waals surface area contributed by atoms with E-state index in [0.717, 1.165) is 32.6 Å². The number of rotatable bonds is 3. The molecule has 0 saturated carbocycles. The standard InChI is InChI=1S/C22H23N3O/c23-12-19-8-4-5-9-21(19)22(26)25-15-18-10-11-20(25)16-24(14-18)13-17-6-2-1-3-7-17/h1-9,18,20H,10-11,13-16H2/t18-,20+/m1/s1. The van der Waals surface area contributed by atoms with Gasteiger partial charge in [0, 0.05) is 32.2 Å². The van der Waals surface area contributed by atoms with Crippen molar-refractivity contribution in [1.82, 2.24) is 9.80 Å². The zero-order valence-corrected chi connectivity index (χ0v) is 14.8. The lowest BCUT2D eigenvalue weighted by molar-refractivity contribution is 0.0584. The Morgan fingerprint density at radius 3 is 2.58 bits per heavy atom. The Hall–Kier alpha value is -2.64. The van der Waals surface area contributed by atoms with Crippen LogP contribution in [0.25, 0.3) is 0 Å². The third-order valence-corrected chi connectivity index (χ3v) is 5.58. The minimum absolute atomic E-state index is 0.0124. The van der Waals surface area contributed by atoms with Crippen LogP contribution < -0.4 is 0 Å². The zero-order chi connectivity index (χ0) is 17.9. The summed E-state index contributed by atoms with van der Waals surface area (Å²) < 4.78 is 0. The Balaban J connectivity index is 1.53. The van der Waals surface area contributed by atoms with E-state index in [2.05, 4.69) is 35.2 Å². The molecule has 3 heterocycles. The molecular formula is C22H23N3O. The van der Waals surface area contributed by atoms with E-state index in [9.17, 15) is 10.1 Å². The fourth-order valence-corrected chi connectivity index (χ4v) is 4.32. The molecule has 2 aromatic carbocycles. The molecule has 1 amide bonds. The summed E-state index contributed by atoms with van der Waals surface area (Å²) in [6.07, 6.45) is 2.23. The van der Waals surface area contributed by atoms with E-state index < -0.39 is 0 Å². The molecule has 2 atom stereocenters. The fraction of sp³-hybridized carbons (Fsp3) is 0.364. The maximum Gasteiger partial charge on any atom is 0.255 e. The van der Waals surface area contributed by atoms with E-state index in [1.54, 1.807) is 12.1 Å². The molecule has 3 aliphatic rings. The summed E-state index contributed by atoms with van der Waals surface area (Å²) in [6.45, 7) is 3.68. The van der Waals surface area contributed by atoms with Crippen LogP contribution in [0.15, 0.2) is 54.6 Å². The first-order chi connectivity index (χ1) is 12.7. The summed E-state index contributed by atoms with van der Waals surface area (Å²) in [7, 11) is 0. The third kappa shape index (κ3) is 3.36. The van der Waals surface area contributed by atoms with Gasteiger partial charge in [0.25, 0.3) is 5.91 Å². The Bertz CT molecular complexity index is 827. The summed E-state index contributed by atoms with van der Waals surface area (Å²) in [5.41, 5.74) is 2.33. The molecule has 0 radical (unpaired) electrons. The van der Waals surface area contributed by atoms with E-state index >= 15 is 0 Å². The summed E-state index contributed by atoms with van der Waals surface area (Å²) in [4.78, 5) is 17.7. The molecule has 3 fully saturated rings. The SMILES string of the molecule is N#Cc1ccccc1C(=O)N1C[C@@H]2CC[C@H]1CN(Cc1ccccc1)C2. The van der Waals surface area contributed by atoms with Crippen molar-refractivity contribution >= 4 is 5.91 Å². The molecule has 3 aliphatic heterocycles. The van der Waals surface area contributed by atoms with Gasteiger partial charge in [-0.25, -0.2) is 0 Å². The average molecular weight is 345 g/mol. The van der Waals surface area contributed by atoms with E-state index in [4.69, 9.17) is 0 Å². The first kappa shape index (κ1) is 16.8. The van der Waals surface area contributed by atoms with Gasteiger partial charge >= 0.3 is 0 Å². The van der Waals surface area contributed by atoms with Crippen molar-refractivity contribution in [3.05, 3.63) is 71.3 Å². The molecule has 0 spiro atoms. The predicted octanol–water partition coefficient (Wildman–Crippen LogP) is 3.29. The van der Waals surface area contributed by atoms with Gasteiger partial charge in [0.15, 0.2) is 0 Å². The van der Waals surface area contributed by atoms with Gasteiger partial charge in [-0.05, 0) is 36.5 Å². The smallest absolute Gasteiger partial charge is 0.255 e. The van der Waals surface area contributed by atoms with E-state index in [0.29, 0.717) is 17.0 Å². The number of carbonyl (C=O) groups excluding carboxylic acids is 1. The molecule has 0 aliphatic carbocycles. The van der Waals surface area contributed by atoms with Crippen molar-refractivity contribution in [3.63, 3.8) is 0 Å². The van der Waals surface area contributed by atoms with Crippen LogP contribution in [-0.2, 0) is 6.54 Å². The van der Waals surface area contributed by atoms with Gasteiger partial charge < -0.3 is 4.90 Å². The highest BCUT2D eigenvalue weighted by molar-refractivity contribution is 5.97. The Morgan fingerprint density at radius 1 is 1.00 bits per heavy atom. The second kappa shape index (κ2) is 7.31. The van der Waals surface area contributed by atoms with Crippen molar-refractivity contribution in [3.8, 4) is 6.07 Å². The average Bonchev–Trinajstić information content (AvgIpc) is 2.98. The molecule has 0 N–H and O–H groups in total. The van der Waals surface area contributed by atoms with E-state index in [1.165, 1.54) is 12.0 Å². The van der Waals surface area contributed by atoms with Crippen molar-refractivity contribution in [2.24, 2.45) is 5.92 Å². The number of hydrogen-bond acceptors (Lipinski definition) is 3. The van der Waals surface area contributed by atoms with Gasteiger partial charge in [0.1, 0.15) is 0 Å². The van der Waals surface area contributed by atoms with Gasteiger partial charge in [0.2, 0.25) is 0 Å². The lowest BCUT2D eigenvalue weighted by Crippen LogP contribution is -2.47. The second-order valence-corrected chi connectivity index (χ2v) is 7.39. The predicted molar refractivity (Wildman–Crippen MR) is 100 cm³/mol. The number of fused-ring (bicyclic) bond motifs is 4. The maximum atomic E-state index is 13.1. The topological polar surface area (TPSA) is 47.3 Å². The lowest BCUT2D eigenvalue weighted by atomic mass is 9.94. The molecule has 0 aromatic heterocycles. The molecule has 2 aromatic rings.